The maximum atomic E-state index is 12.8. The number of fused-ring (bicyclic) bond motifs is 2. The smallest absolute Gasteiger partial charge is 0.336 e. The van der Waals surface area contributed by atoms with Crippen molar-refractivity contribution in [2.75, 3.05) is 13.7 Å². The van der Waals surface area contributed by atoms with Crippen molar-refractivity contribution in [2.24, 2.45) is 0 Å². The van der Waals surface area contributed by atoms with Crippen LogP contribution in [-0.2, 0) is 11.2 Å². The van der Waals surface area contributed by atoms with Crippen LogP contribution >= 0.6 is 0 Å². The lowest BCUT2D eigenvalue weighted by atomic mass is 9.87. The predicted molar refractivity (Wildman–Crippen MR) is 112 cm³/mol. The van der Waals surface area contributed by atoms with Crippen molar-refractivity contribution >= 4 is 16.9 Å². The first-order valence-electron chi connectivity index (χ1n) is 9.96. The molecule has 2 aromatic carbocycles. The van der Waals surface area contributed by atoms with Gasteiger partial charge in [0.05, 0.1) is 6.04 Å². The lowest BCUT2D eigenvalue weighted by Gasteiger charge is -2.33. The molecular formula is C24H25NO4. The van der Waals surface area contributed by atoms with Crippen molar-refractivity contribution < 1.29 is 13.9 Å². The number of hydrogen-bond acceptors (Lipinski definition) is 4. The molecule has 0 N–H and O–H groups in total. The normalized spacial score (nSPS) is 15.8. The third-order valence-corrected chi connectivity index (χ3v) is 5.87. The van der Waals surface area contributed by atoms with Gasteiger partial charge in [0.2, 0.25) is 0 Å². The maximum Gasteiger partial charge on any atom is 0.336 e. The van der Waals surface area contributed by atoms with E-state index < -0.39 is 0 Å². The molecule has 0 saturated carbocycles. The van der Waals surface area contributed by atoms with Crippen molar-refractivity contribution in [3.63, 3.8) is 0 Å². The maximum absolute atomic E-state index is 12.8. The van der Waals surface area contributed by atoms with E-state index in [1.165, 1.54) is 17.2 Å². The van der Waals surface area contributed by atoms with Crippen LogP contribution < -0.4 is 10.4 Å². The first-order valence-corrected chi connectivity index (χ1v) is 9.96. The lowest BCUT2D eigenvalue weighted by Crippen LogP contribution is -2.36. The Morgan fingerprint density at radius 2 is 2.00 bits per heavy atom. The molecule has 3 aromatic rings. The van der Waals surface area contributed by atoms with E-state index >= 15 is 0 Å². The van der Waals surface area contributed by atoms with E-state index in [4.69, 9.17) is 9.15 Å². The molecular weight excluding hydrogens is 366 g/mol. The van der Waals surface area contributed by atoms with E-state index in [0.717, 1.165) is 35.8 Å². The zero-order valence-corrected chi connectivity index (χ0v) is 17.0. The molecule has 5 heteroatoms. The Bertz CT molecular complexity index is 1130. The fraction of sp³-hybridized carbons (Fsp3) is 0.333. The summed E-state index contributed by atoms with van der Waals surface area (Å²) < 4.78 is 11.2. The minimum Gasteiger partial charge on any atom is -0.483 e. The van der Waals surface area contributed by atoms with Crippen LogP contribution in [0.4, 0.5) is 0 Å². The van der Waals surface area contributed by atoms with Crippen molar-refractivity contribution in [3.8, 4) is 5.75 Å². The van der Waals surface area contributed by atoms with Crippen molar-refractivity contribution in [2.45, 2.75) is 39.2 Å². The highest BCUT2D eigenvalue weighted by molar-refractivity contribution is 5.85. The second-order valence-electron chi connectivity index (χ2n) is 7.71. The van der Waals surface area contributed by atoms with Crippen LogP contribution in [0, 0.1) is 13.8 Å². The van der Waals surface area contributed by atoms with Crippen LogP contribution in [0.2, 0.25) is 0 Å². The van der Waals surface area contributed by atoms with E-state index in [-0.39, 0.29) is 24.2 Å². The molecule has 1 amide bonds. The summed E-state index contributed by atoms with van der Waals surface area (Å²) >= 11 is 0. The molecule has 0 unspecified atom stereocenters. The number of aryl methyl sites for hydroxylation is 3. The lowest BCUT2D eigenvalue weighted by molar-refractivity contribution is -0.134. The molecule has 0 aliphatic heterocycles. The van der Waals surface area contributed by atoms with E-state index in [9.17, 15) is 9.59 Å². The van der Waals surface area contributed by atoms with E-state index in [1.54, 1.807) is 4.90 Å². The molecule has 1 heterocycles. The minimum absolute atomic E-state index is 0.0580. The largest absolute Gasteiger partial charge is 0.483 e. The zero-order valence-electron chi connectivity index (χ0n) is 17.0. The highest BCUT2D eigenvalue weighted by Crippen LogP contribution is 2.34. The van der Waals surface area contributed by atoms with Gasteiger partial charge >= 0.3 is 5.63 Å². The predicted octanol–water partition coefficient (Wildman–Crippen LogP) is 4.32. The van der Waals surface area contributed by atoms with Crippen molar-refractivity contribution in [1.29, 1.82) is 0 Å². The van der Waals surface area contributed by atoms with Gasteiger partial charge in [0.1, 0.15) is 11.3 Å². The summed E-state index contributed by atoms with van der Waals surface area (Å²) in [5, 5.41) is 0.872. The minimum atomic E-state index is -0.387. The highest BCUT2D eigenvalue weighted by Gasteiger charge is 2.26. The van der Waals surface area contributed by atoms with Crippen LogP contribution in [0.25, 0.3) is 11.0 Å². The number of ether oxygens (including phenoxy) is 1. The summed E-state index contributed by atoms with van der Waals surface area (Å²) in [6.45, 7) is 3.66. The summed E-state index contributed by atoms with van der Waals surface area (Å²) in [4.78, 5) is 26.4. The number of rotatable bonds is 4. The first-order chi connectivity index (χ1) is 14.0. The summed E-state index contributed by atoms with van der Waals surface area (Å²) in [5.74, 6) is 0.480. The van der Waals surface area contributed by atoms with Crippen LogP contribution in [0.1, 0.15) is 41.1 Å². The van der Waals surface area contributed by atoms with E-state index in [2.05, 4.69) is 18.2 Å². The molecule has 29 heavy (non-hydrogen) atoms. The number of carbonyl (C=O) groups excluding carboxylic acids is 1. The molecule has 0 bridgehead atoms. The Hall–Kier alpha value is -3.08. The monoisotopic (exact) mass is 391 g/mol. The molecule has 0 saturated heterocycles. The molecule has 4 rings (SSSR count). The van der Waals surface area contributed by atoms with E-state index in [1.807, 2.05) is 39.1 Å². The standard InChI is InChI=1S/C24H25NO4/c1-15-13-23(27)29-24-16(2)21(12-11-18(15)24)28-14-22(26)25(3)20-10-6-8-17-7-4-5-9-19(17)20/h4-5,7,9,11-13,20H,6,8,10,14H2,1-3H3/t20-/m0/s1. The molecule has 1 atom stereocenters. The molecule has 0 fully saturated rings. The number of benzene rings is 2. The third kappa shape index (κ3) is 3.65. The second-order valence-corrected chi connectivity index (χ2v) is 7.71. The average Bonchev–Trinajstić information content (AvgIpc) is 2.72. The highest BCUT2D eigenvalue weighted by atomic mass is 16.5. The number of hydrogen-bond donors (Lipinski definition) is 0. The zero-order chi connectivity index (χ0) is 20.5. The first kappa shape index (κ1) is 19.2. The fourth-order valence-corrected chi connectivity index (χ4v) is 4.20. The van der Waals surface area contributed by atoms with Gasteiger partial charge in [0, 0.05) is 24.1 Å². The van der Waals surface area contributed by atoms with Gasteiger partial charge in [-0.05, 0) is 61.9 Å². The Morgan fingerprint density at radius 1 is 1.21 bits per heavy atom. The summed E-state index contributed by atoms with van der Waals surface area (Å²) in [6, 6.07) is 13.6. The van der Waals surface area contributed by atoms with Crippen LogP contribution in [0.5, 0.6) is 5.75 Å². The van der Waals surface area contributed by atoms with Crippen molar-refractivity contribution in [3.05, 3.63) is 75.1 Å². The van der Waals surface area contributed by atoms with Gasteiger partial charge in [-0.15, -0.1) is 0 Å². The summed E-state index contributed by atoms with van der Waals surface area (Å²) in [7, 11) is 1.84. The molecule has 1 aliphatic rings. The molecule has 0 spiro atoms. The second kappa shape index (κ2) is 7.74. The summed E-state index contributed by atoms with van der Waals surface area (Å²) in [5.41, 5.74) is 4.25. The Morgan fingerprint density at radius 3 is 2.83 bits per heavy atom. The molecule has 1 aromatic heterocycles. The fourth-order valence-electron chi connectivity index (χ4n) is 4.20. The average molecular weight is 391 g/mol. The van der Waals surface area contributed by atoms with Gasteiger partial charge in [0.15, 0.2) is 6.61 Å². The van der Waals surface area contributed by atoms with Gasteiger partial charge in [0.25, 0.3) is 5.91 Å². The van der Waals surface area contributed by atoms with Gasteiger partial charge in [-0.2, -0.15) is 0 Å². The van der Waals surface area contributed by atoms with Gasteiger partial charge in [-0.1, -0.05) is 24.3 Å². The van der Waals surface area contributed by atoms with Crippen LogP contribution in [0.3, 0.4) is 0 Å². The van der Waals surface area contributed by atoms with E-state index in [0.29, 0.717) is 11.3 Å². The van der Waals surface area contributed by atoms with Crippen molar-refractivity contribution in [1.82, 2.24) is 4.90 Å². The van der Waals surface area contributed by atoms with Crippen LogP contribution in [-0.4, -0.2) is 24.5 Å². The Kier molecular flexibility index (Phi) is 5.14. The quantitative estimate of drug-likeness (QED) is 0.622. The van der Waals surface area contributed by atoms with Gasteiger partial charge < -0.3 is 14.1 Å². The third-order valence-electron chi connectivity index (χ3n) is 5.87. The number of amides is 1. The molecule has 1 aliphatic carbocycles. The molecule has 150 valence electrons. The van der Waals surface area contributed by atoms with Crippen LogP contribution in [0.15, 0.2) is 51.7 Å². The summed E-state index contributed by atoms with van der Waals surface area (Å²) in [6.07, 6.45) is 3.09. The SMILES string of the molecule is Cc1cc(=O)oc2c(C)c(OCC(=O)N(C)[C@H]3CCCc4ccccc43)ccc12. The molecule has 5 nitrogen and oxygen atoms in total. The van der Waals surface area contributed by atoms with Gasteiger partial charge in [-0.3, -0.25) is 4.79 Å². The number of likely N-dealkylation sites (N-methyl/N-ethyl adjacent to an activating group) is 1. The number of carbonyl (C=O) groups is 1. The van der Waals surface area contributed by atoms with Gasteiger partial charge in [-0.25, -0.2) is 4.79 Å². The Labute approximate surface area is 169 Å². The topological polar surface area (TPSA) is 59.8 Å². The molecule has 0 radical (unpaired) electrons. The number of nitrogens with zero attached hydrogens (tertiary/aromatic N) is 1. The Balaban J connectivity index is 1.52.